The van der Waals surface area contributed by atoms with E-state index in [1.165, 1.54) is 60.7 Å². The molecule has 284 valence electrons. The Balaban J connectivity index is 0.000000214. The normalized spacial score (nSPS) is 10.1. The predicted molar refractivity (Wildman–Crippen MR) is 202 cm³/mol. The molecular weight excluding hydrogens is 729 g/mol. The number of para-hydroxylation sites is 1. The number of phenolic OH excluding ortho intramolecular Hbond substituents is 4. The molecule has 55 heavy (non-hydrogen) atoms. The Morgan fingerprint density at radius 3 is 1.18 bits per heavy atom. The van der Waals surface area contributed by atoms with E-state index in [2.05, 4.69) is 0 Å². The summed E-state index contributed by atoms with van der Waals surface area (Å²) in [5.41, 5.74) is 3.37. The van der Waals surface area contributed by atoms with Crippen LogP contribution in [-0.2, 0) is 19.4 Å². The number of sulfone groups is 1. The number of hydrogen-bond acceptors (Lipinski definition) is 11. The first-order valence-corrected chi connectivity index (χ1v) is 17.7. The molecule has 0 fully saturated rings. The van der Waals surface area contributed by atoms with Crippen LogP contribution in [0.4, 0.5) is 0 Å². The van der Waals surface area contributed by atoms with E-state index in [9.17, 15) is 23.4 Å². The van der Waals surface area contributed by atoms with Gasteiger partial charge in [0.05, 0.1) is 15.4 Å². The van der Waals surface area contributed by atoms with Gasteiger partial charge < -0.3 is 35.0 Å². The summed E-state index contributed by atoms with van der Waals surface area (Å²) in [6.07, 6.45) is 0.250. The van der Waals surface area contributed by atoms with Gasteiger partial charge in [-0.05, 0) is 159 Å². The fourth-order valence-corrected chi connectivity index (χ4v) is 6.02. The number of rotatable bonds is 7. The molecule has 6 aromatic rings. The molecule has 0 atom stereocenters. The monoisotopic (exact) mass is 766 g/mol. The molecule has 0 aliphatic carbocycles. The van der Waals surface area contributed by atoms with Gasteiger partial charge >= 0.3 is 12.1 Å². The molecule has 0 radical (unpaired) electrons. The van der Waals surface area contributed by atoms with Crippen LogP contribution in [0, 0.1) is 27.7 Å². The number of carbonyl (C=O) groups excluding carboxylic acids is 2. The highest BCUT2D eigenvalue weighted by molar-refractivity contribution is 7.91. The quantitative estimate of drug-likeness (QED) is 0.104. The van der Waals surface area contributed by atoms with Crippen LogP contribution in [-0.4, -0.2) is 46.1 Å². The first-order valence-electron chi connectivity index (χ1n) is 16.2. The van der Waals surface area contributed by atoms with Crippen molar-refractivity contribution in [1.82, 2.24) is 0 Å². The van der Waals surface area contributed by atoms with Crippen molar-refractivity contribution in [3.63, 3.8) is 0 Å². The molecule has 6 rings (SSSR count). The van der Waals surface area contributed by atoms with Gasteiger partial charge in [-0.25, -0.2) is 13.2 Å². The molecule has 0 spiro atoms. The molecule has 5 N–H and O–H groups in total. The fraction of sp³-hybridized carbons (Fsp3) is 0.0952. The van der Waals surface area contributed by atoms with Crippen molar-refractivity contribution in [2.75, 3.05) is 0 Å². The average molecular weight is 767 g/mol. The second-order valence-corrected chi connectivity index (χ2v) is 13.7. The van der Waals surface area contributed by atoms with Crippen LogP contribution in [0.1, 0.15) is 32.6 Å². The second-order valence-electron chi connectivity index (χ2n) is 11.7. The van der Waals surface area contributed by atoms with Gasteiger partial charge in [-0.3, -0.25) is 0 Å². The van der Waals surface area contributed by atoms with E-state index in [0.29, 0.717) is 28.7 Å². The molecule has 0 unspecified atom stereocenters. The van der Waals surface area contributed by atoms with Gasteiger partial charge in [0.15, 0.2) is 0 Å². The van der Waals surface area contributed by atoms with Crippen molar-refractivity contribution in [1.29, 1.82) is 0 Å². The van der Waals surface area contributed by atoms with E-state index in [1.54, 1.807) is 36.4 Å². The van der Waals surface area contributed by atoms with Crippen LogP contribution >= 0.6 is 0 Å². The van der Waals surface area contributed by atoms with Gasteiger partial charge in [0.25, 0.3) is 0 Å². The number of hydrogen-bond donors (Lipinski definition) is 5. The standard InChI is InChI=1S/C16H18O3.C13H10O3.C12H10O4S.CO2/c1-9-5-13(6-10(2)15(9)17)19-14-7-11(3)16(18)12(4)8-14;14-13(15)10-6-8-12(9-7-10)16-11-4-2-1-3-5-11;13-9-1-5-11(6-2-9)17(15,16)12-7-3-10(14)4-8-12;2-1-3/h5-8,17-18H,1-4H3;1-9H,(H,14,15);1-8,13-14H;. The van der Waals surface area contributed by atoms with Crippen LogP contribution in [0.15, 0.2) is 137 Å². The first kappa shape index (κ1) is 42.3. The van der Waals surface area contributed by atoms with Crippen molar-refractivity contribution in [2.45, 2.75) is 37.5 Å². The Hall–Kier alpha value is -7.08. The van der Waals surface area contributed by atoms with Crippen molar-refractivity contribution in [3.8, 4) is 46.0 Å². The lowest BCUT2D eigenvalue weighted by atomic mass is 10.1. The minimum absolute atomic E-state index is 0.00894. The summed E-state index contributed by atoms with van der Waals surface area (Å²) in [5, 5.41) is 46.4. The van der Waals surface area contributed by atoms with Crippen molar-refractivity contribution in [3.05, 3.63) is 155 Å². The highest BCUT2D eigenvalue weighted by Gasteiger charge is 2.17. The van der Waals surface area contributed by atoms with Crippen molar-refractivity contribution in [2.24, 2.45) is 0 Å². The summed E-state index contributed by atoms with van der Waals surface area (Å²) in [4.78, 5) is 27.1. The number of carboxylic acids is 1. The molecule has 0 amide bonds. The van der Waals surface area contributed by atoms with Crippen LogP contribution in [0.2, 0.25) is 0 Å². The maximum atomic E-state index is 12.1. The zero-order valence-electron chi connectivity index (χ0n) is 30.1. The Bertz CT molecular complexity index is 2180. The third-order valence-corrected chi connectivity index (χ3v) is 9.32. The third-order valence-electron chi connectivity index (χ3n) is 7.54. The number of ether oxygens (including phenoxy) is 2. The number of aryl methyl sites for hydroxylation is 4. The number of aromatic carboxylic acids is 1. The minimum atomic E-state index is -3.59. The van der Waals surface area contributed by atoms with E-state index < -0.39 is 15.8 Å². The molecule has 0 bridgehead atoms. The number of aromatic hydroxyl groups is 4. The Labute approximate surface area is 317 Å². The van der Waals surface area contributed by atoms with Gasteiger partial charge in [-0.2, -0.15) is 9.59 Å². The molecule has 0 saturated heterocycles. The van der Waals surface area contributed by atoms with Crippen LogP contribution in [0.5, 0.6) is 46.0 Å². The number of benzene rings is 6. The van der Waals surface area contributed by atoms with Crippen LogP contribution in [0.3, 0.4) is 0 Å². The fourth-order valence-electron chi connectivity index (χ4n) is 4.76. The Morgan fingerprint density at radius 1 is 0.509 bits per heavy atom. The molecule has 6 aromatic carbocycles. The topological polar surface area (TPSA) is 205 Å². The Kier molecular flexibility index (Phi) is 15.1. The summed E-state index contributed by atoms with van der Waals surface area (Å²) in [6, 6.07) is 33.4. The average Bonchev–Trinajstić information content (AvgIpc) is 3.15. The molecule has 12 nitrogen and oxygen atoms in total. The molecule has 0 heterocycles. The van der Waals surface area contributed by atoms with Crippen molar-refractivity contribution >= 4 is 22.0 Å². The van der Waals surface area contributed by atoms with E-state index in [0.717, 1.165) is 28.0 Å². The summed E-state index contributed by atoms with van der Waals surface area (Å²) >= 11 is 0. The summed E-state index contributed by atoms with van der Waals surface area (Å²) in [7, 11) is -3.59. The van der Waals surface area contributed by atoms with Gasteiger partial charge in [0.1, 0.15) is 46.0 Å². The number of phenols is 4. The molecule has 0 aliphatic rings. The maximum absolute atomic E-state index is 12.1. The smallest absolute Gasteiger partial charge is 0.373 e. The van der Waals surface area contributed by atoms with Crippen LogP contribution < -0.4 is 9.47 Å². The summed E-state index contributed by atoms with van der Waals surface area (Å²) in [5.74, 6) is 2.38. The summed E-state index contributed by atoms with van der Waals surface area (Å²) < 4.78 is 35.5. The van der Waals surface area contributed by atoms with E-state index in [1.807, 2.05) is 58.0 Å². The third kappa shape index (κ3) is 12.5. The largest absolute Gasteiger partial charge is 0.508 e. The lowest BCUT2D eigenvalue weighted by Crippen LogP contribution is -2.01. The molecule has 0 saturated carbocycles. The van der Waals surface area contributed by atoms with E-state index in [4.69, 9.17) is 34.4 Å². The van der Waals surface area contributed by atoms with Gasteiger partial charge in [0.2, 0.25) is 9.84 Å². The maximum Gasteiger partial charge on any atom is 0.373 e. The van der Waals surface area contributed by atoms with Crippen molar-refractivity contribution < 1.29 is 57.8 Å². The molecule has 0 aliphatic heterocycles. The predicted octanol–water partition coefficient (Wildman–Crippen LogP) is 8.65. The second kappa shape index (κ2) is 19.7. The number of carbonyl (C=O) groups is 1. The van der Waals surface area contributed by atoms with Gasteiger partial charge in [0, 0.05) is 0 Å². The van der Waals surface area contributed by atoms with Gasteiger partial charge in [-0.1, -0.05) is 18.2 Å². The Morgan fingerprint density at radius 2 is 0.836 bits per heavy atom. The highest BCUT2D eigenvalue weighted by Crippen LogP contribution is 2.33. The molecule has 13 heteroatoms. The van der Waals surface area contributed by atoms with Crippen LogP contribution in [0.25, 0.3) is 0 Å². The minimum Gasteiger partial charge on any atom is -0.508 e. The number of carboxylic acid groups (broad SMARTS) is 1. The molecule has 0 aromatic heterocycles. The zero-order valence-corrected chi connectivity index (χ0v) is 30.9. The lowest BCUT2D eigenvalue weighted by Gasteiger charge is -2.12. The van der Waals surface area contributed by atoms with Gasteiger partial charge in [-0.15, -0.1) is 0 Å². The highest BCUT2D eigenvalue weighted by atomic mass is 32.2. The zero-order chi connectivity index (χ0) is 40.7. The first-order chi connectivity index (χ1) is 26.0. The summed E-state index contributed by atoms with van der Waals surface area (Å²) in [6.45, 7) is 7.34. The molecular formula is C42H38O12S. The van der Waals surface area contributed by atoms with E-state index in [-0.39, 0.29) is 33.0 Å². The van der Waals surface area contributed by atoms with E-state index >= 15 is 0 Å². The SMILES string of the molecule is Cc1cc(Oc2cc(C)c(O)c(C)c2)cc(C)c1O.O=C(O)c1ccc(Oc2ccccc2)cc1.O=C=O.O=S(=O)(c1ccc(O)cc1)c1ccc(O)cc1. The lowest BCUT2D eigenvalue weighted by molar-refractivity contribution is -0.191.